The number of thioether (sulfide) groups is 1. The van der Waals surface area contributed by atoms with Crippen LogP contribution in [0.5, 0.6) is 17.2 Å². The SMILES string of the molecule is COc1ccc(OCCCCN2CCC(N(C)C3=Nc4ccccc4CS3)CC2)cc1OC.O=C(O)C=CC(=O)O. The van der Waals surface area contributed by atoms with Crippen LogP contribution in [-0.2, 0) is 15.3 Å². The molecule has 41 heavy (non-hydrogen) atoms. The third-order valence-electron chi connectivity index (χ3n) is 6.83. The average Bonchev–Trinajstić information content (AvgIpc) is 2.99. The average molecular weight is 586 g/mol. The van der Waals surface area contributed by atoms with Crippen LogP contribution in [0.2, 0.25) is 0 Å². The Bertz CT molecular complexity index is 1200. The fourth-order valence-electron chi connectivity index (χ4n) is 4.56. The summed E-state index contributed by atoms with van der Waals surface area (Å²) in [5.74, 6) is 0.744. The Hall–Kier alpha value is -3.70. The van der Waals surface area contributed by atoms with Crippen molar-refractivity contribution in [2.45, 2.75) is 37.5 Å². The van der Waals surface area contributed by atoms with Crippen LogP contribution >= 0.6 is 11.8 Å². The van der Waals surface area contributed by atoms with E-state index in [-0.39, 0.29) is 0 Å². The number of benzene rings is 2. The lowest BCUT2D eigenvalue weighted by atomic mass is 10.0. The number of carbonyl (C=O) groups is 2. The molecular weight excluding hydrogens is 546 g/mol. The number of nitrogens with zero attached hydrogens (tertiary/aromatic N) is 3. The van der Waals surface area contributed by atoms with Crippen molar-refractivity contribution in [3.63, 3.8) is 0 Å². The standard InChI is InChI=1S/C26H35N3O3S.C4H4O4/c1-28(26-27-23-9-5-4-8-20(23)19-33-26)21-12-15-29(16-13-21)14-6-7-17-32-22-10-11-24(30-2)25(18-22)31-3;5-3(6)1-2-4(7)8/h4-5,8-11,18,21H,6-7,12-17,19H2,1-3H3;1-2H,(H,5,6)(H,7,8). The number of carboxylic acid groups (broad SMARTS) is 2. The molecule has 10 nitrogen and oxygen atoms in total. The van der Waals surface area contributed by atoms with Gasteiger partial charge in [0.15, 0.2) is 16.7 Å². The summed E-state index contributed by atoms with van der Waals surface area (Å²) in [7, 11) is 5.50. The third kappa shape index (κ3) is 10.3. The molecule has 1 fully saturated rings. The van der Waals surface area contributed by atoms with Crippen LogP contribution in [0.1, 0.15) is 31.2 Å². The van der Waals surface area contributed by atoms with Crippen molar-refractivity contribution in [2.75, 3.05) is 47.5 Å². The number of hydrogen-bond donors (Lipinski definition) is 2. The molecule has 0 atom stereocenters. The number of amidine groups is 1. The number of likely N-dealkylation sites (tertiary alicyclic amines) is 1. The molecule has 4 rings (SSSR count). The number of methoxy groups -OCH3 is 2. The first-order valence-electron chi connectivity index (χ1n) is 13.5. The molecule has 2 aromatic rings. The minimum absolute atomic E-state index is 0.558. The topological polar surface area (TPSA) is 121 Å². The van der Waals surface area contributed by atoms with Crippen molar-refractivity contribution in [3.8, 4) is 17.2 Å². The number of aliphatic carboxylic acids is 2. The second-order valence-corrected chi connectivity index (χ2v) is 10.5. The zero-order valence-electron chi connectivity index (χ0n) is 23.8. The van der Waals surface area contributed by atoms with Gasteiger partial charge in [-0.3, -0.25) is 0 Å². The molecule has 0 spiro atoms. The second kappa shape index (κ2) is 16.5. The number of rotatable bonds is 11. The van der Waals surface area contributed by atoms with E-state index in [2.05, 4.69) is 41.1 Å². The Morgan fingerprint density at radius 2 is 1.71 bits per heavy atom. The maximum Gasteiger partial charge on any atom is 0.328 e. The Morgan fingerprint density at radius 3 is 2.37 bits per heavy atom. The molecule has 2 aliphatic rings. The van der Waals surface area contributed by atoms with E-state index in [9.17, 15) is 9.59 Å². The van der Waals surface area contributed by atoms with Crippen LogP contribution in [0, 0.1) is 0 Å². The molecule has 2 heterocycles. The van der Waals surface area contributed by atoms with Gasteiger partial charge in [-0.2, -0.15) is 0 Å². The van der Waals surface area contributed by atoms with E-state index in [1.807, 2.05) is 30.0 Å². The van der Waals surface area contributed by atoms with Crippen LogP contribution in [0.4, 0.5) is 5.69 Å². The highest BCUT2D eigenvalue weighted by molar-refractivity contribution is 8.13. The first kappa shape index (κ1) is 31.8. The van der Waals surface area contributed by atoms with Gasteiger partial charge < -0.3 is 34.2 Å². The summed E-state index contributed by atoms with van der Waals surface area (Å²) in [6.07, 6.45) is 5.69. The highest BCUT2D eigenvalue weighted by atomic mass is 32.2. The Balaban J connectivity index is 0.000000507. The van der Waals surface area contributed by atoms with Crippen molar-refractivity contribution in [1.29, 1.82) is 0 Å². The van der Waals surface area contributed by atoms with Gasteiger partial charge in [0.2, 0.25) is 0 Å². The van der Waals surface area contributed by atoms with Crippen molar-refractivity contribution in [3.05, 3.63) is 60.2 Å². The number of ether oxygens (including phenoxy) is 3. The predicted molar refractivity (Wildman–Crippen MR) is 161 cm³/mol. The summed E-state index contributed by atoms with van der Waals surface area (Å²) < 4.78 is 16.5. The molecule has 11 heteroatoms. The Kier molecular flexibility index (Phi) is 12.8. The van der Waals surface area contributed by atoms with E-state index in [0.29, 0.717) is 30.6 Å². The molecule has 0 aliphatic carbocycles. The van der Waals surface area contributed by atoms with E-state index in [1.54, 1.807) is 14.2 Å². The van der Waals surface area contributed by atoms with Crippen LogP contribution in [-0.4, -0.2) is 90.7 Å². The number of fused-ring (bicyclic) bond motifs is 1. The molecule has 0 bridgehead atoms. The van der Waals surface area contributed by atoms with Crippen LogP contribution < -0.4 is 14.2 Å². The molecule has 222 valence electrons. The lowest BCUT2D eigenvalue weighted by molar-refractivity contribution is -0.134. The van der Waals surface area contributed by atoms with Crippen molar-refractivity contribution < 1.29 is 34.0 Å². The molecule has 0 saturated carbocycles. The van der Waals surface area contributed by atoms with Gasteiger partial charge in [0.25, 0.3) is 0 Å². The summed E-state index contributed by atoms with van der Waals surface area (Å²) >= 11 is 1.86. The monoisotopic (exact) mass is 585 g/mol. The quantitative estimate of drug-likeness (QED) is 0.278. The van der Waals surface area contributed by atoms with Gasteiger partial charge in [-0.05, 0) is 56.0 Å². The zero-order valence-corrected chi connectivity index (χ0v) is 24.6. The Labute approximate surface area is 245 Å². The highest BCUT2D eigenvalue weighted by Crippen LogP contribution is 2.33. The van der Waals surface area contributed by atoms with Gasteiger partial charge in [0.1, 0.15) is 5.75 Å². The molecule has 0 radical (unpaired) electrons. The number of hydrogen-bond acceptors (Lipinski definition) is 9. The lowest BCUT2D eigenvalue weighted by Gasteiger charge is -2.38. The van der Waals surface area contributed by atoms with Gasteiger partial charge in [-0.25, -0.2) is 14.6 Å². The summed E-state index contributed by atoms with van der Waals surface area (Å²) in [6, 6.07) is 14.7. The van der Waals surface area contributed by atoms with E-state index in [1.165, 1.54) is 23.6 Å². The number of para-hydroxylation sites is 1. The minimum atomic E-state index is -1.26. The smallest absolute Gasteiger partial charge is 0.328 e. The van der Waals surface area contributed by atoms with E-state index >= 15 is 0 Å². The molecular formula is C30H39N3O7S. The van der Waals surface area contributed by atoms with Crippen LogP contribution in [0.3, 0.4) is 0 Å². The second-order valence-electron chi connectivity index (χ2n) is 9.58. The van der Waals surface area contributed by atoms with Crippen LogP contribution in [0.15, 0.2) is 59.6 Å². The Morgan fingerprint density at radius 1 is 1.02 bits per heavy atom. The van der Waals surface area contributed by atoms with Crippen molar-refractivity contribution in [2.24, 2.45) is 4.99 Å². The normalized spacial score (nSPS) is 15.2. The maximum atomic E-state index is 9.55. The molecule has 2 aromatic carbocycles. The van der Waals surface area contributed by atoms with Gasteiger partial charge >= 0.3 is 11.9 Å². The predicted octanol–water partition coefficient (Wildman–Crippen LogP) is 4.91. The first-order chi connectivity index (χ1) is 19.8. The summed E-state index contributed by atoms with van der Waals surface area (Å²) in [6.45, 7) is 4.15. The first-order valence-corrected chi connectivity index (χ1v) is 14.5. The number of piperidine rings is 1. The number of carboxylic acids is 2. The van der Waals surface area contributed by atoms with E-state index < -0.39 is 11.9 Å². The van der Waals surface area contributed by atoms with E-state index in [0.717, 1.165) is 55.4 Å². The fourth-order valence-corrected chi connectivity index (χ4v) is 5.61. The lowest BCUT2D eigenvalue weighted by Crippen LogP contribution is -2.45. The van der Waals surface area contributed by atoms with Gasteiger partial charge in [-0.1, -0.05) is 30.0 Å². The van der Waals surface area contributed by atoms with E-state index in [4.69, 9.17) is 29.4 Å². The zero-order chi connectivity index (χ0) is 29.6. The molecule has 2 N–H and O–H groups in total. The summed E-state index contributed by atoms with van der Waals surface area (Å²) in [5, 5.41) is 16.8. The minimum Gasteiger partial charge on any atom is -0.493 e. The highest BCUT2D eigenvalue weighted by Gasteiger charge is 2.26. The summed E-state index contributed by atoms with van der Waals surface area (Å²) in [4.78, 5) is 29.0. The van der Waals surface area contributed by atoms with Gasteiger partial charge in [0, 0.05) is 50.2 Å². The van der Waals surface area contributed by atoms with Gasteiger partial charge in [-0.15, -0.1) is 0 Å². The number of unbranched alkanes of at least 4 members (excludes halogenated alkanes) is 1. The molecule has 0 unspecified atom stereocenters. The van der Waals surface area contributed by atoms with Crippen LogP contribution in [0.25, 0.3) is 0 Å². The van der Waals surface area contributed by atoms with Gasteiger partial charge in [0.05, 0.1) is 26.5 Å². The third-order valence-corrected chi connectivity index (χ3v) is 7.92. The summed E-state index contributed by atoms with van der Waals surface area (Å²) in [5.41, 5.74) is 2.47. The molecule has 0 amide bonds. The maximum absolute atomic E-state index is 9.55. The fraction of sp³-hybridized carbons (Fsp3) is 0.433. The molecule has 2 aliphatic heterocycles. The van der Waals surface area contributed by atoms with Crippen molar-refractivity contribution in [1.82, 2.24) is 9.80 Å². The molecule has 0 aromatic heterocycles. The van der Waals surface area contributed by atoms with Crippen molar-refractivity contribution >= 4 is 34.6 Å². The number of aliphatic imine (C=N–C) groups is 1. The molecule has 1 saturated heterocycles. The largest absolute Gasteiger partial charge is 0.493 e.